The predicted octanol–water partition coefficient (Wildman–Crippen LogP) is 3.14. The fourth-order valence-electron chi connectivity index (χ4n) is 2.11. The predicted molar refractivity (Wildman–Crippen MR) is 84.6 cm³/mol. The van der Waals surface area contributed by atoms with E-state index in [9.17, 15) is 4.79 Å². The zero-order chi connectivity index (χ0) is 15.3. The zero-order valence-corrected chi connectivity index (χ0v) is 13.5. The zero-order valence-electron chi connectivity index (χ0n) is 13.5. The summed E-state index contributed by atoms with van der Waals surface area (Å²) < 4.78 is 1.81. The van der Waals surface area contributed by atoms with Crippen molar-refractivity contribution < 1.29 is 4.79 Å². The average Bonchev–Trinajstić information content (AvgIpc) is 2.67. The Hall–Kier alpha value is -1.45. The van der Waals surface area contributed by atoms with Crippen molar-refractivity contribution in [1.29, 1.82) is 0 Å². The lowest BCUT2D eigenvalue weighted by Crippen LogP contribution is -2.35. The first-order chi connectivity index (χ1) is 9.31. The molecule has 0 aliphatic heterocycles. The second-order valence-electron chi connectivity index (χ2n) is 6.43. The minimum absolute atomic E-state index is 0.0884. The van der Waals surface area contributed by atoms with Crippen LogP contribution in [0.5, 0.6) is 0 Å². The third kappa shape index (κ3) is 4.91. The van der Waals surface area contributed by atoms with Gasteiger partial charge in [-0.15, -0.1) is 0 Å². The molecule has 0 saturated carbocycles. The Morgan fingerprint density at radius 3 is 2.05 bits per heavy atom. The maximum Gasteiger partial charge on any atom is 0.270 e. The monoisotopic (exact) mass is 279 g/mol. The van der Waals surface area contributed by atoms with Gasteiger partial charge >= 0.3 is 0 Å². The van der Waals surface area contributed by atoms with Crippen molar-refractivity contribution in [3.8, 4) is 0 Å². The van der Waals surface area contributed by atoms with Gasteiger partial charge in [-0.2, -0.15) is 0 Å². The van der Waals surface area contributed by atoms with Crippen molar-refractivity contribution in [2.24, 2.45) is 18.9 Å². The van der Waals surface area contributed by atoms with E-state index < -0.39 is 0 Å². The number of hydrogen-bond donors (Lipinski definition) is 1. The summed E-state index contributed by atoms with van der Waals surface area (Å²) in [5, 5.41) is 0. The Balaban J connectivity index is 2.79. The Labute approximate surface area is 122 Å². The fraction of sp³-hybridized carbons (Fsp3) is 0.688. The van der Waals surface area contributed by atoms with E-state index in [-0.39, 0.29) is 5.91 Å². The van der Waals surface area contributed by atoms with Crippen LogP contribution in [0.25, 0.3) is 0 Å². The van der Waals surface area contributed by atoms with E-state index in [1.54, 1.807) is 12.3 Å². The molecule has 0 saturated heterocycles. The van der Waals surface area contributed by atoms with Crippen molar-refractivity contribution in [2.75, 3.05) is 18.8 Å². The van der Waals surface area contributed by atoms with Gasteiger partial charge in [0.25, 0.3) is 5.91 Å². The summed E-state index contributed by atoms with van der Waals surface area (Å²) in [6, 6.07) is 1.76. The Bertz CT molecular complexity index is 423. The number of anilines is 1. The quantitative estimate of drug-likeness (QED) is 0.833. The number of aromatic nitrogens is 1. The average molecular weight is 279 g/mol. The highest BCUT2D eigenvalue weighted by Crippen LogP contribution is 2.14. The maximum absolute atomic E-state index is 12.7. The van der Waals surface area contributed by atoms with Crippen molar-refractivity contribution in [2.45, 2.75) is 40.5 Å². The molecule has 0 aliphatic rings. The van der Waals surface area contributed by atoms with Crippen molar-refractivity contribution in [3.05, 3.63) is 18.0 Å². The third-order valence-electron chi connectivity index (χ3n) is 3.49. The lowest BCUT2D eigenvalue weighted by molar-refractivity contribution is 0.0731. The molecule has 0 spiro atoms. The number of nitrogen functional groups attached to an aromatic ring is 1. The Kier molecular flexibility index (Phi) is 6.11. The number of aryl methyl sites for hydroxylation is 1. The largest absolute Gasteiger partial charge is 0.397 e. The van der Waals surface area contributed by atoms with Crippen LogP contribution in [0, 0.1) is 11.8 Å². The van der Waals surface area contributed by atoms with Gasteiger partial charge < -0.3 is 15.2 Å². The minimum atomic E-state index is 0.0884. The molecule has 114 valence electrons. The fourth-order valence-corrected chi connectivity index (χ4v) is 2.11. The Morgan fingerprint density at radius 1 is 1.20 bits per heavy atom. The second-order valence-corrected chi connectivity index (χ2v) is 6.43. The third-order valence-corrected chi connectivity index (χ3v) is 3.49. The molecule has 1 rings (SSSR count). The molecule has 0 atom stereocenters. The van der Waals surface area contributed by atoms with E-state index >= 15 is 0 Å². The van der Waals surface area contributed by atoms with Crippen LogP contribution in [0.1, 0.15) is 51.0 Å². The van der Waals surface area contributed by atoms with Gasteiger partial charge in [0.1, 0.15) is 5.69 Å². The highest BCUT2D eigenvalue weighted by Gasteiger charge is 2.19. The number of amides is 1. The van der Waals surface area contributed by atoms with Crippen LogP contribution in [-0.2, 0) is 7.05 Å². The van der Waals surface area contributed by atoms with Crippen LogP contribution < -0.4 is 5.73 Å². The van der Waals surface area contributed by atoms with Crippen LogP contribution in [-0.4, -0.2) is 28.5 Å². The van der Waals surface area contributed by atoms with Crippen molar-refractivity contribution >= 4 is 11.6 Å². The molecule has 1 aromatic rings. The van der Waals surface area contributed by atoms with E-state index in [0.29, 0.717) is 23.2 Å². The van der Waals surface area contributed by atoms with E-state index in [2.05, 4.69) is 27.7 Å². The standard InChI is InChI=1S/C16H29N3O/c1-12(2)6-8-19(9-7-13(3)4)16(20)15-10-14(17)11-18(15)5/h10-13H,6-9,17H2,1-5H3. The number of nitrogens with two attached hydrogens (primary N) is 1. The number of rotatable bonds is 7. The highest BCUT2D eigenvalue weighted by molar-refractivity contribution is 5.93. The van der Waals surface area contributed by atoms with E-state index in [1.165, 1.54) is 0 Å². The molecular formula is C16H29N3O. The van der Waals surface area contributed by atoms with Gasteiger partial charge in [-0.1, -0.05) is 27.7 Å². The number of hydrogen-bond acceptors (Lipinski definition) is 2. The molecule has 1 aromatic heterocycles. The molecule has 0 aliphatic carbocycles. The summed E-state index contributed by atoms with van der Waals surface area (Å²) in [6.45, 7) is 10.4. The van der Waals surface area contributed by atoms with Crippen molar-refractivity contribution in [1.82, 2.24) is 9.47 Å². The first-order valence-electron chi connectivity index (χ1n) is 7.52. The van der Waals surface area contributed by atoms with Gasteiger partial charge in [0.15, 0.2) is 0 Å². The molecule has 0 unspecified atom stereocenters. The first kappa shape index (κ1) is 16.6. The molecule has 1 amide bonds. The van der Waals surface area contributed by atoms with Gasteiger partial charge in [-0.3, -0.25) is 4.79 Å². The summed E-state index contributed by atoms with van der Waals surface area (Å²) >= 11 is 0. The molecule has 0 fully saturated rings. The van der Waals surface area contributed by atoms with Crippen LogP contribution >= 0.6 is 0 Å². The van der Waals surface area contributed by atoms with Gasteiger partial charge in [-0.25, -0.2) is 0 Å². The van der Waals surface area contributed by atoms with Gasteiger partial charge in [-0.05, 0) is 30.7 Å². The van der Waals surface area contributed by atoms with Gasteiger partial charge in [0.2, 0.25) is 0 Å². The van der Waals surface area contributed by atoms with Crippen LogP contribution in [0.3, 0.4) is 0 Å². The molecule has 2 N–H and O–H groups in total. The highest BCUT2D eigenvalue weighted by atomic mass is 16.2. The summed E-state index contributed by atoms with van der Waals surface area (Å²) in [5.74, 6) is 1.29. The molecular weight excluding hydrogens is 250 g/mol. The molecule has 0 radical (unpaired) electrons. The lowest BCUT2D eigenvalue weighted by Gasteiger charge is -2.24. The first-order valence-corrected chi connectivity index (χ1v) is 7.52. The van der Waals surface area contributed by atoms with Gasteiger partial charge in [0.05, 0.1) is 5.69 Å². The minimum Gasteiger partial charge on any atom is -0.397 e. The van der Waals surface area contributed by atoms with Crippen LogP contribution in [0.2, 0.25) is 0 Å². The maximum atomic E-state index is 12.7. The SMILES string of the molecule is CC(C)CCN(CCC(C)C)C(=O)c1cc(N)cn1C. The summed E-state index contributed by atoms with van der Waals surface area (Å²) in [4.78, 5) is 14.6. The van der Waals surface area contributed by atoms with E-state index in [4.69, 9.17) is 5.73 Å². The normalized spacial score (nSPS) is 11.3. The smallest absolute Gasteiger partial charge is 0.270 e. The van der Waals surface area contributed by atoms with E-state index in [1.807, 2.05) is 16.5 Å². The summed E-state index contributed by atoms with van der Waals surface area (Å²) in [5.41, 5.74) is 7.09. The molecule has 4 nitrogen and oxygen atoms in total. The van der Waals surface area contributed by atoms with Crippen LogP contribution in [0.4, 0.5) is 5.69 Å². The number of carbonyl (C=O) groups excluding carboxylic acids is 1. The summed E-state index contributed by atoms with van der Waals surface area (Å²) in [6.07, 6.45) is 3.85. The molecule has 0 aromatic carbocycles. The number of nitrogens with zero attached hydrogens (tertiary/aromatic N) is 2. The van der Waals surface area contributed by atoms with E-state index in [0.717, 1.165) is 25.9 Å². The molecule has 20 heavy (non-hydrogen) atoms. The van der Waals surface area contributed by atoms with Crippen molar-refractivity contribution in [3.63, 3.8) is 0 Å². The molecule has 1 heterocycles. The second kappa shape index (κ2) is 7.36. The lowest BCUT2D eigenvalue weighted by atomic mass is 10.1. The topological polar surface area (TPSA) is 51.3 Å². The Morgan fingerprint density at radius 2 is 1.70 bits per heavy atom. The van der Waals surface area contributed by atoms with Crippen LogP contribution in [0.15, 0.2) is 12.3 Å². The summed E-state index contributed by atoms with van der Waals surface area (Å²) in [7, 11) is 1.87. The van der Waals surface area contributed by atoms with Gasteiger partial charge in [0, 0.05) is 26.3 Å². The molecule has 0 bridgehead atoms. The number of carbonyl (C=O) groups is 1. The molecule has 4 heteroatoms.